The Kier molecular flexibility index (Phi) is 4.71. The molecule has 0 amide bonds. The third-order valence-electron chi connectivity index (χ3n) is 4.04. The molecule has 2 N–H and O–H groups in total. The van der Waals surface area contributed by atoms with E-state index in [4.69, 9.17) is 10.2 Å². The number of hydrogen-bond donors (Lipinski definition) is 2. The van der Waals surface area contributed by atoms with Gasteiger partial charge in [-0.1, -0.05) is 17.7 Å². The maximum absolute atomic E-state index is 11.1. The van der Waals surface area contributed by atoms with Gasteiger partial charge in [0.25, 0.3) is 0 Å². The molecule has 3 aromatic carbocycles. The van der Waals surface area contributed by atoms with Crippen LogP contribution in [0, 0.1) is 6.92 Å². The van der Waals surface area contributed by atoms with Gasteiger partial charge in [0.15, 0.2) is 0 Å². The fraction of sp³-hybridized carbons (Fsp3) is 0.0476. The number of aryl methyl sites for hydroxylation is 1. The molecule has 130 valence electrons. The molecule has 0 fully saturated rings. The summed E-state index contributed by atoms with van der Waals surface area (Å²) < 4.78 is 0. The monoisotopic (exact) mass is 347 g/mol. The van der Waals surface area contributed by atoms with Crippen molar-refractivity contribution in [3.63, 3.8) is 0 Å². The molecular formula is C21H17NO4. The van der Waals surface area contributed by atoms with E-state index in [2.05, 4.69) is 0 Å². The van der Waals surface area contributed by atoms with Crippen LogP contribution in [0.4, 0.5) is 17.1 Å². The smallest absolute Gasteiger partial charge is 0.335 e. The molecule has 0 radical (unpaired) electrons. The molecule has 0 unspecified atom stereocenters. The van der Waals surface area contributed by atoms with Gasteiger partial charge in [0.05, 0.1) is 11.1 Å². The molecule has 5 heteroatoms. The highest BCUT2D eigenvalue weighted by Gasteiger charge is 2.14. The minimum absolute atomic E-state index is 0.207. The van der Waals surface area contributed by atoms with E-state index >= 15 is 0 Å². The Balaban J connectivity index is 2.08. The van der Waals surface area contributed by atoms with Crippen molar-refractivity contribution in [2.24, 2.45) is 0 Å². The Bertz CT molecular complexity index is 872. The summed E-state index contributed by atoms with van der Waals surface area (Å²) in [6.45, 7) is 2.00. The highest BCUT2D eigenvalue weighted by atomic mass is 16.4. The first-order chi connectivity index (χ1) is 12.5. The van der Waals surface area contributed by atoms with Gasteiger partial charge in [-0.2, -0.15) is 0 Å². The zero-order chi connectivity index (χ0) is 18.7. The van der Waals surface area contributed by atoms with E-state index < -0.39 is 11.9 Å². The van der Waals surface area contributed by atoms with Gasteiger partial charge in [-0.05, 0) is 67.6 Å². The van der Waals surface area contributed by atoms with E-state index in [1.54, 1.807) is 48.5 Å². The molecule has 0 heterocycles. The van der Waals surface area contributed by atoms with E-state index in [0.29, 0.717) is 0 Å². The highest BCUT2D eigenvalue weighted by molar-refractivity contribution is 5.90. The normalized spacial score (nSPS) is 10.3. The lowest BCUT2D eigenvalue weighted by Crippen LogP contribution is -2.10. The number of carboxylic acids is 2. The lowest BCUT2D eigenvalue weighted by molar-refractivity contribution is 0.0686. The molecule has 0 atom stereocenters. The second-order valence-electron chi connectivity index (χ2n) is 5.88. The first-order valence-electron chi connectivity index (χ1n) is 7.99. The zero-order valence-corrected chi connectivity index (χ0v) is 14.1. The van der Waals surface area contributed by atoms with Crippen LogP contribution >= 0.6 is 0 Å². The van der Waals surface area contributed by atoms with Crippen molar-refractivity contribution in [2.45, 2.75) is 6.92 Å². The Morgan fingerprint density at radius 2 is 0.923 bits per heavy atom. The van der Waals surface area contributed by atoms with Gasteiger partial charge in [0.2, 0.25) is 0 Å². The molecule has 0 aliphatic heterocycles. The second kappa shape index (κ2) is 7.11. The number of carbonyl (C=O) groups is 2. The van der Waals surface area contributed by atoms with Crippen LogP contribution in [0.1, 0.15) is 26.3 Å². The van der Waals surface area contributed by atoms with Crippen LogP contribution in [0.25, 0.3) is 0 Å². The van der Waals surface area contributed by atoms with Gasteiger partial charge >= 0.3 is 11.9 Å². The molecular weight excluding hydrogens is 330 g/mol. The lowest BCUT2D eigenvalue weighted by Gasteiger charge is -2.25. The van der Waals surface area contributed by atoms with Crippen molar-refractivity contribution in [2.75, 3.05) is 4.90 Å². The molecule has 26 heavy (non-hydrogen) atoms. The van der Waals surface area contributed by atoms with Gasteiger partial charge in [-0.15, -0.1) is 0 Å². The molecule has 5 nitrogen and oxygen atoms in total. The molecule has 0 spiro atoms. The van der Waals surface area contributed by atoms with E-state index in [1.165, 1.54) is 0 Å². The number of nitrogens with zero attached hydrogens (tertiary/aromatic N) is 1. The van der Waals surface area contributed by atoms with Gasteiger partial charge in [-0.25, -0.2) is 9.59 Å². The van der Waals surface area contributed by atoms with Crippen molar-refractivity contribution < 1.29 is 19.8 Å². The highest BCUT2D eigenvalue weighted by Crippen LogP contribution is 2.34. The molecule has 0 saturated heterocycles. The standard InChI is InChI=1S/C21H17NO4/c1-14-2-8-17(9-3-14)22(18-10-4-15(5-11-18)20(23)24)19-12-6-16(7-13-19)21(25)26/h2-13H,1H3,(H,23,24)(H,25,26). The van der Waals surface area contributed by atoms with Crippen LogP contribution in [-0.4, -0.2) is 22.2 Å². The Hall–Kier alpha value is -3.60. The lowest BCUT2D eigenvalue weighted by atomic mass is 10.1. The van der Waals surface area contributed by atoms with Crippen LogP contribution in [0.15, 0.2) is 72.8 Å². The SMILES string of the molecule is Cc1ccc(N(c2ccc(C(=O)O)cc2)c2ccc(C(=O)O)cc2)cc1. The van der Waals surface area contributed by atoms with Crippen molar-refractivity contribution in [1.82, 2.24) is 0 Å². The van der Waals surface area contributed by atoms with Gasteiger partial charge in [-0.3, -0.25) is 0 Å². The summed E-state index contributed by atoms with van der Waals surface area (Å²) in [6, 6.07) is 21.0. The largest absolute Gasteiger partial charge is 0.478 e. The quantitative estimate of drug-likeness (QED) is 0.689. The third kappa shape index (κ3) is 3.57. The van der Waals surface area contributed by atoms with Crippen LogP contribution in [0.2, 0.25) is 0 Å². The van der Waals surface area contributed by atoms with E-state index in [-0.39, 0.29) is 11.1 Å². The first kappa shape index (κ1) is 17.2. The predicted molar refractivity (Wildman–Crippen MR) is 99.8 cm³/mol. The summed E-state index contributed by atoms with van der Waals surface area (Å²) in [5.41, 5.74) is 3.99. The number of carboxylic acid groups (broad SMARTS) is 2. The Morgan fingerprint density at radius 3 is 1.23 bits per heavy atom. The fourth-order valence-electron chi connectivity index (χ4n) is 2.65. The Labute approximate surface area is 150 Å². The second-order valence-corrected chi connectivity index (χ2v) is 5.88. The summed E-state index contributed by atoms with van der Waals surface area (Å²) in [5.74, 6) is -1.96. The number of anilines is 3. The maximum atomic E-state index is 11.1. The molecule has 3 rings (SSSR count). The average Bonchev–Trinajstić information content (AvgIpc) is 2.64. The number of benzene rings is 3. The van der Waals surface area contributed by atoms with Gasteiger partial charge in [0.1, 0.15) is 0 Å². The van der Waals surface area contributed by atoms with Crippen LogP contribution in [0.5, 0.6) is 0 Å². The predicted octanol–water partition coefficient (Wildman–Crippen LogP) is 4.86. The summed E-state index contributed by atoms with van der Waals surface area (Å²) in [7, 11) is 0. The van der Waals surface area contributed by atoms with Crippen molar-refractivity contribution >= 4 is 29.0 Å². The summed E-state index contributed by atoms with van der Waals surface area (Å²) in [6.07, 6.45) is 0. The van der Waals surface area contributed by atoms with E-state index in [9.17, 15) is 9.59 Å². The molecule has 0 bridgehead atoms. The van der Waals surface area contributed by atoms with Crippen molar-refractivity contribution in [3.8, 4) is 0 Å². The molecule has 0 aliphatic carbocycles. The number of hydrogen-bond acceptors (Lipinski definition) is 3. The molecule has 3 aromatic rings. The first-order valence-corrected chi connectivity index (χ1v) is 7.99. The molecule has 0 aromatic heterocycles. The fourth-order valence-corrected chi connectivity index (χ4v) is 2.65. The van der Waals surface area contributed by atoms with E-state index in [1.807, 2.05) is 36.1 Å². The average molecular weight is 347 g/mol. The maximum Gasteiger partial charge on any atom is 0.335 e. The number of rotatable bonds is 5. The van der Waals surface area contributed by atoms with Gasteiger partial charge < -0.3 is 15.1 Å². The van der Waals surface area contributed by atoms with Crippen LogP contribution < -0.4 is 4.90 Å². The minimum atomic E-state index is -0.982. The summed E-state index contributed by atoms with van der Waals surface area (Å²) in [4.78, 5) is 24.1. The van der Waals surface area contributed by atoms with Crippen molar-refractivity contribution in [3.05, 3.63) is 89.5 Å². The molecule has 0 aliphatic rings. The summed E-state index contributed by atoms with van der Waals surface area (Å²) in [5, 5.41) is 18.2. The van der Waals surface area contributed by atoms with Crippen molar-refractivity contribution in [1.29, 1.82) is 0 Å². The zero-order valence-electron chi connectivity index (χ0n) is 14.1. The van der Waals surface area contributed by atoms with E-state index in [0.717, 1.165) is 22.6 Å². The van der Waals surface area contributed by atoms with Crippen LogP contribution in [-0.2, 0) is 0 Å². The van der Waals surface area contributed by atoms with Crippen LogP contribution in [0.3, 0.4) is 0 Å². The topological polar surface area (TPSA) is 77.8 Å². The third-order valence-corrected chi connectivity index (χ3v) is 4.04. The molecule has 0 saturated carbocycles. The Morgan fingerprint density at radius 1 is 0.615 bits per heavy atom. The minimum Gasteiger partial charge on any atom is -0.478 e. The number of aromatic carboxylic acids is 2. The summed E-state index contributed by atoms with van der Waals surface area (Å²) >= 11 is 0. The van der Waals surface area contributed by atoms with Gasteiger partial charge in [0, 0.05) is 17.1 Å².